The van der Waals surface area contributed by atoms with E-state index in [0.717, 1.165) is 48.8 Å². The van der Waals surface area contributed by atoms with Crippen molar-refractivity contribution < 1.29 is 19.2 Å². The molecule has 3 aromatic rings. The molecule has 1 atom stereocenters. The van der Waals surface area contributed by atoms with Gasteiger partial charge >= 0.3 is 0 Å². The summed E-state index contributed by atoms with van der Waals surface area (Å²) < 4.78 is 0. The molecule has 4 nitrogen and oxygen atoms in total. The van der Waals surface area contributed by atoms with Gasteiger partial charge in [-0.15, -0.1) is 0 Å². The molecule has 0 aliphatic heterocycles. The second-order valence-corrected chi connectivity index (χ2v) is 11.8. The van der Waals surface area contributed by atoms with Gasteiger partial charge in [0.1, 0.15) is 0 Å². The van der Waals surface area contributed by atoms with E-state index in [-0.39, 0.29) is 23.1 Å². The van der Waals surface area contributed by atoms with Crippen molar-refractivity contribution in [2.24, 2.45) is 5.92 Å². The Morgan fingerprint density at radius 3 is 1.71 bits per heavy atom. The molecule has 0 N–H and O–H groups in total. The smallest absolute Gasteiger partial charge is 0.194 e. The van der Waals surface area contributed by atoms with Crippen LogP contribution in [-0.2, 0) is 6.42 Å². The lowest BCUT2D eigenvalue weighted by molar-refractivity contribution is 0.0958. The Labute approximate surface area is 249 Å². The molecule has 1 unspecified atom stereocenters. The van der Waals surface area contributed by atoms with Gasteiger partial charge in [-0.2, -0.15) is 0 Å². The van der Waals surface area contributed by atoms with Crippen LogP contribution in [-0.4, -0.2) is 23.1 Å². The summed E-state index contributed by atoms with van der Waals surface area (Å²) in [6, 6.07) is 20.0. The molecule has 0 heterocycles. The first-order valence-corrected chi connectivity index (χ1v) is 15.7. The molecule has 0 saturated heterocycles. The lowest BCUT2D eigenvalue weighted by Crippen LogP contribution is -2.27. The van der Waals surface area contributed by atoms with Crippen molar-refractivity contribution in [1.29, 1.82) is 0 Å². The Morgan fingerprint density at radius 1 is 0.571 bits per heavy atom. The summed E-state index contributed by atoms with van der Waals surface area (Å²) in [5.74, 6) is 0.697. The molecule has 3 aliphatic carbocycles. The van der Waals surface area contributed by atoms with Gasteiger partial charge in [0.05, 0.1) is 0 Å². The van der Waals surface area contributed by atoms with E-state index < -0.39 is 0 Å². The van der Waals surface area contributed by atoms with Crippen LogP contribution in [0.1, 0.15) is 136 Å². The van der Waals surface area contributed by atoms with E-state index in [2.05, 4.69) is 13.8 Å². The molecule has 216 valence electrons. The van der Waals surface area contributed by atoms with Crippen LogP contribution in [0.3, 0.4) is 0 Å². The predicted octanol–water partition coefficient (Wildman–Crippen LogP) is 8.94. The van der Waals surface area contributed by atoms with Crippen LogP contribution in [0.15, 0.2) is 77.9 Å². The summed E-state index contributed by atoms with van der Waals surface area (Å²) in [5, 5.41) is 0. The summed E-state index contributed by atoms with van der Waals surface area (Å²) in [6.45, 7) is 4.38. The maximum Gasteiger partial charge on any atom is 0.194 e. The van der Waals surface area contributed by atoms with E-state index in [1.807, 2.05) is 30.3 Å². The second-order valence-electron chi connectivity index (χ2n) is 11.8. The number of aryl methyl sites for hydroxylation is 1. The van der Waals surface area contributed by atoms with E-state index in [4.69, 9.17) is 0 Å². The van der Waals surface area contributed by atoms with Crippen LogP contribution in [0.25, 0.3) is 0 Å². The van der Waals surface area contributed by atoms with Crippen molar-refractivity contribution in [1.82, 2.24) is 0 Å². The normalized spacial score (nSPS) is 17.1. The van der Waals surface area contributed by atoms with Crippen molar-refractivity contribution in [3.63, 3.8) is 0 Å². The van der Waals surface area contributed by atoms with Gasteiger partial charge in [0.2, 0.25) is 0 Å². The van der Waals surface area contributed by atoms with Crippen molar-refractivity contribution in [2.75, 3.05) is 0 Å². The molecular weight excluding hydrogens is 520 g/mol. The quantitative estimate of drug-likeness (QED) is 0.202. The SMILES string of the molecule is CCCCCC1CCC2=C(C1)C(=O)c1ccccc1C2=O.CCCCCc1ccc2c(c1)C(=O)c1ccccc1C2=O. The molecular formula is C38H40O4. The van der Waals surface area contributed by atoms with Crippen LogP contribution in [0.5, 0.6) is 0 Å². The third-order valence-electron chi connectivity index (χ3n) is 8.90. The van der Waals surface area contributed by atoms with Crippen LogP contribution in [0.4, 0.5) is 0 Å². The minimum absolute atomic E-state index is 0.0301. The highest BCUT2D eigenvalue weighted by Crippen LogP contribution is 2.39. The van der Waals surface area contributed by atoms with Gasteiger partial charge < -0.3 is 0 Å². The van der Waals surface area contributed by atoms with Gasteiger partial charge in [-0.1, -0.05) is 113 Å². The van der Waals surface area contributed by atoms with Crippen molar-refractivity contribution in [3.8, 4) is 0 Å². The predicted molar refractivity (Wildman–Crippen MR) is 167 cm³/mol. The molecule has 0 radical (unpaired) electrons. The maximum atomic E-state index is 12.7. The van der Waals surface area contributed by atoms with Gasteiger partial charge in [0, 0.05) is 44.5 Å². The zero-order valence-electron chi connectivity index (χ0n) is 24.8. The number of hydrogen-bond acceptors (Lipinski definition) is 4. The largest absolute Gasteiger partial charge is 0.289 e. The molecule has 0 saturated carbocycles. The standard InChI is InChI=1S/C19H22O2.C19H18O2/c2*1-2-3-4-7-13-10-11-16-17(12-13)19(21)15-9-6-5-8-14(15)18(16)20/h5-6,8-9,13H,2-4,7,10-12H2,1H3;5-6,8-12H,2-4,7H2,1H3. The van der Waals surface area contributed by atoms with Gasteiger partial charge in [-0.05, 0) is 49.7 Å². The van der Waals surface area contributed by atoms with Gasteiger partial charge in [-0.3, -0.25) is 19.2 Å². The van der Waals surface area contributed by atoms with Gasteiger partial charge in [0.15, 0.2) is 23.1 Å². The summed E-state index contributed by atoms with van der Waals surface area (Å²) in [7, 11) is 0. The van der Waals surface area contributed by atoms with Crippen molar-refractivity contribution in [3.05, 3.63) is 117 Å². The fourth-order valence-corrected chi connectivity index (χ4v) is 6.51. The lowest BCUT2D eigenvalue weighted by atomic mass is 9.73. The molecule has 0 fully saturated rings. The molecule has 0 bridgehead atoms. The number of hydrogen-bond donors (Lipinski definition) is 0. The summed E-state index contributed by atoms with van der Waals surface area (Å²) >= 11 is 0. The Bertz CT molecular complexity index is 1560. The number of fused-ring (bicyclic) bond motifs is 3. The fourth-order valence-electron chi connectivity index (χ4n) is 6.51. The maximum absolute atomic E-state index is 12.7. The van der Waals surface area contributed by atoms with E-state index in [1.165, 1.54) is 38.5 Å². The number of rotatable bonds is 8. The Kier molecular flexibility index (Phi) is 9.41. The highest BCUT2D eigenvalue weighted by Gasteiger charge is 2.35. The lowest BCUT2D eigenvalue weighted by Gasteiger charge is -2.29. The zero-order chi connectivity index (χ0) is 29.6. The van der Waals surface area contributed by atoms with Crippen LogP contribution in [0, 0.1) is 5.92 Å². The molecule has 3 aliphatic rings. The Morgan fingerprint density at radius 2 is 1.10 bits per heavy atom. The van der Waals surface area contributed by atoms with E-state index in [0.29, 0.717) is 39.3 Å². The summed E-state index contributed by atoms with van der Waals surface area (Å²) in [4.78, 5) is 50.3. The number of benzene rings is 3. The zero-order valence-corrected chi connectivity index (χ0v) is 24.8. The number of allylic oxidation sites excluding steroid dienone is 2. The van der Waals surface area contributed by atoms with E-state index in [9.17, 15) is 19.2 Å². The number of carbonyl (C=O) groups is 4. The molecule has 4 heteroatoms. The molecule has 0 spiro atoms. The van der Waals surface area contributed by atoms with E-state index in [1.54, 1.807) is 36.4 Å². The highest BCUT2D eigenvalue weighted by molar-refractivity contribution is 6.28. The van der Waals surface area contributed by atoms with Crippen molar-refractivity contribution >= 4 is 23.1 Å². The third kappa shape index (κ3) is 5.99. The van der Waals surface area contributed by atoms with Crippen LogP contribution < -0.4 is 0 Å². The minimum atomic E-state index is -0.0414. The molecule has 42 heavy (non-hydrogen) atoms. The second kappa shape index (κ2) is 13.4. The Hall–Kier alpha value is -3.92. The topological polar surface area (TPSA) is 68.3 Å². The van der Waals surface area contributed by atoms with Gasteiger partial charge in [0.25, 0.3) is 0 Å². The van der Waals surface area contributed by atoms with Gasteiger partial charge in [-0.25, -0.2) is 0 Å². The number of carbonyl (C=O) groups excluding carboxylic acids is 4. The summed E-state index contributed by atoms with van der Waals surface area (Å²) in [5.41, 5.74) is 6.11. The van der Waals surface area contributed by atoms with Crippen LogP contribution >= 0.6 is 0 Å². The monoisotopic (exact) mass is 560 g/mol. The molecule has 0 aromatic heterocycles. The highest BCUT2D eigenvalue weighted by atomic mass is 16.1. The molecule has 0 amide bonds. The molecule has 6 rings (SSSR count). The number of ketones is 4. The third-order valence-corrected chi connectivity index (χ3v) is 8.90. The fraction of sp³-hybridized carbons (Fsp3) is 0.368. The van der Waals surface area contributed by atoms with E-state index >= 15 is 0 Å². The first-order valence-electron chi connectivity index (χ1n) is 15.7. The summed E-state index contributed by atoms with van der Waals surface area (Å²) in [6.07, 6.45) is 12.0. The average Bonchev–Trinajstić information content (AvgIpc) is 3.03. The van der Waals surface area contributed by atoms with Crippen LogP contribution in [0.2, 0.25) is 0 Å². The van der Waals surface area contributed by atoms with Crippen molar-refractivity contribution in [2.45, 2.75) is 84.5 Å². The average molecular weight is 561 g/mol. The minimum Gasteiger partial charge on any atom is -0.289 e. The first-order chi connectivity index (χ1) is 20.4. The number of unbranched alkanes of at least 4 members (excludes halogenated alkanes) is 4. The molecule has 3 aromatic carbocycles. The Balaban J connectivity index is 0.000000168. The first kappa shape index (κ1) is 29.6. The number of Topliss-reactive ketones (excluding diaryl/α,β-unsaturated/α-hetero) is 2.